The Balaban J connectivity index is 1.88. The van der Waals surface area contributed by atoms with Gasteiger partial charge in [0, 0.05) is 13.5 Å². The smallest absolute Gasteiger partial charge is 0.341 e. The fraction of sp³-hybridized carbons (Fsp3) is 0.500. The summed E-state index contributed by atoms with van der Waals surface area (Å²) in [4.78, 5) is 28.0. The van der Waals surface area contributed by atoms with Crippen LogP contribution in [0, 0.1) is 0 Å². The number of carbonyl (C=O) groups excluding carboxylic acids is 2. The average molecular weight is 376 g/mol. The number of rotatable bonds is 5. The number of carbonyl (C=O) groups is 2. The topological polar surface area (TPSA) is 98.1 Å². The zero-order valence-electron chi connectivity index (χ0n) is 15.1. The standard InChI is InChI=1S/C18H20N2O7/c1-10(21)27-9-14-19-13-7-12(18(22)23-2)16-17(26-6-5-25-16)15(13)20(14)8-11-3-4-24-11/h7,11H,3-6,8-9H2,1-2H3/t11-/m0/s1. The van der Waals surface area contributed by atoms with E-state index < -0.39 is 11.9 Å². The molecule has 1 fully saturated rings. The van der Waals surface area contributed by atoms with E-state index in [1.54, 1.807) is 6.07 Å². The van der Waals surface area contributed by atoms with Gasteiger partial charge in [0.05, 0.1) is 25.3 Å². The van der Waals surface area contributed by atoms with Crippen molar-refractivity contribution in [3.8, 4) is 11.5 Å². The van der Waals surface area contributed by atoms with Gasteiger partial charge in [-0.1, -0.05) is 0 Å². The molecule has 1 atom stereocenters. The van der Waals surface area contributed by atoms with Crippen molar-refractivity contribution in [2.75, 3.05) is 26.9 Å². The van der Waals surface area contributed by atoms with Crippen molar-refractivity contribution in [1.29, 1.82) is 0 Å². The number of imidazole rings is 1. The number of hydrogen-bond donors (Lipinski definition) is 0. The van der Waals surface area contributed by atoms with Crippen LogP contribution < -0.4 is 9.47 Å². The summed E-state index contributed by atoms with van der Waals surface area (Å²) in [5, 5.41) is 0. The number of aromatic nitrogens is 2. The molecule has 1 aromatic heterocycles. The summed E-state index contributed by atoms with van der Waals surface area (Å²) in [6.45, 7) is 3.32. The lowest BCUT2D eigenvalue weighted by Gasteiger charge is -2.28. The van der Waals surface area contributed by atoms with Crippen LogP contribution in [0.4, 0.5) is 0 Å². The Bertz CT molecular complexity index is 901. The molecule has 2 aliphatic heterocycles. The van der Waals surface area contributed by atoms with Gasteiger partial charge in [0.1, 0.15) is 36.7 Å². The Morgan fingerprint density at radius 2 is 2.00 bits per heavy atom. The molecule has 0 N–H and O–H groups in total. The van der Waals surface area contributed by atoms with Crippen LogP contribution in [-0.4, -0.2) is 54.5 Å². The number of fused-ring (bicyclic) bond motifs is 3. The molecule has 0 saturated carbocycles. The second-order valence-electron chi connectivity index (χ2n) is 6.34. The third-order valence-corrected chi connectivity index (χ3v) is 4.59. The van der Waals surface area contributed by atoms with Gasteiger partial charge in [-0.25, -0.2) is 9.78 Å². The predicted molar refractivity (Wildman–Crippen MR) is 91.9 cm³/mol. The van der Waals surface area contributed by atoms with Crippen LogP contribution in [0.5, 0.6) is 11.5 Å². The first-order valence-corrected chi connectivity index (χ1v) is 8.73. The molecule has 0 amide bonds. The van der Waals surface area contributed by atoms with Gasteiger partial charge in [-0.3, -0.25) is 4.79 Å². The molecule has 3 heterocycles. The number of hydrogen-bond acceptors (Lipinski definition) is 8. The summed E-state index contributed by atoms with van der Waals surface area (Å²) in [5.41, 5.74) is 1.49. The van der Waals surface area contributed by atoms with E-state index in [4.69, 9.17) is 23.7 Å². The molecule has 9 heteroatoms. The highest BCUT2D eigenvalue weighted by atomic mass is 16.6. The maximum Gasteiger partial charge on any atom is 0.341 e. The molecule has 1 aromatic carbocycles. The van der Waals surface area contributed by atoms with Crippen LogP contribution in [0.2, 0.25) is 0 Å². The molecular formula is C18H20N2O7. The Kier molecular flexibility index (Phi) is 4.61. The van der Waals surface area contributed by atoms with Gasteiger partial charge in [0.25, 0.3) is 0 Å². The number of benzene rings is 1. The van der Waals surface area contributed by atoms with Crippen molar-refractivity contribution in [2.45, 2.75) is 32.6 Å². The van der Waals surface area contributed by atoms with Crippen LogP contribution in [0.15, 0.2) is 6.07 Å². The molecule has 144 valence electrons. The third kappa shape index (κ3) is 3.18. The van der Waals surface area contributed by atoms with Crippen molar-refractivity contribution < 1.29 is 33.3 Å². The molecule has 0 aliphatic carbocycles. The van der Waals surface area contributed by atoms with Crippen LogP contribution in [-0.2, 0) is 32.2 Å². The van der Waals surface area contributed by atoms with E-state index in [9.17, 15) is 9.59 Å². The van der Waals surface area contributed by atoms with E-state index >= 15 is 0 Å². The fourth-order valence-corrected chi connectivity index (χ4v) is 3.22. The average Bonchev–Trinajstić information content (AvgIpc) is 2.99. The van der Waals surface area contributed by atoms with Gasteiger partial charge in [0.2, 0.25) is 0 Å². The first-order valence-electron chi connectivity index (χ1n) is 8.73. The summed E-state index contributed by atoms with van der Waals surface area (Å²) < 4.78 is 29.0. The second kappa shape index (κ2) is 7.07. The van der Waals surface area contributed by atoms with Crippen LogP contribution >= 0.6 is 0 Å². The van der Waals surface area contributed by atoms with Crippen LogP contribution in [0.25, 0.3) is 11.0 Å². The molecule has 2 aromatic rings. The quantitative estimate of drug-likeness (QED) is 0.723. The lowest BCUT2D eigenvalue weighted by atomic mass is 10.1. The zero-order chi connectivity index (χ0) is 19.0. The van der Waals surface area contributed by atoms with Gasteiger partial charge in [-0.2, -0.15) is 0 Å². The summed E-state index contributed by atoms with van der Waals surface area (Å²) >= 11 is 0. The van der Waals surface area contributed by atoms with Crippen molar-refractivity contribution in [3.63, 3.8) is 0 Å². The normalized spacial score (nSPS) is 18.1. The van der Waals surface area contributed by atoms with E-state index in [1.165, 1.54) is 14.0 Å². The molecular weight excluding hydrogens is 356 g/mol. The van der Waals surface area contributed by atoms with Gasteiger partial charge < -0.3 is 28.3 Å². The Labute approximate surface area is 155 Å². The zero-order valence-corrected chi connectivity index (χ0v) is 15.1. The van der Waals surface area contributed by atoms with Crippen LogP contribution in [0.3, 0.4) is 0 Å². The van der Waals surface area contributed by atoms with E-state index in [2.05, 4.69) is 4.98 Å². The minimum absolute atomic E-state index is 0.0138. The SMILES string of the molecule is COC(=O)c1cc2nc(COC(C)=O)n(C[C@@H]3CCO3)c2c2c1OCCO2. The summed E-state index contributed by atoms with van der Waals surface area (Å²) in [5.74, 6) is 0.409. The molecule has 0 unspecified atom stereocenters. The predicted octanol–water partition coefficient (Wildman–Crippen LogP) is 1.45. The summed E-state index contributed by atoms with van der Waals surface area (Å²) in [7, 11) is 1.31. The molecule has 4 rings (SSSR count). The van der Waals surface area contributed by atoms with Crippen molar-refractivity contribution >= 4 is 23.0 Å². The van der Waals surface area contributed by atoms with E-state index in [0.29, 0.717) is 48.1 Å². The summed E-state index contributed by atoms with van der Waals surface area (Å²) in [6.07, 6.45) is 0.992. The number of nitrogens with zero attached hydrogens (tertiary/aromatic N) is 2. The van der Waals surface area contributed by atoms with Gasteiger partial charge in [-0.15, -0.1) is 0 Å². The van der Waals surface area contributed by atoms with Crippen LogP contribution in [0.1, 0.15) is 29.5 Å². The molecule has 27 heavy (non-hydrogen) atoms. The fourth-order valence-electron chi connectivity index (χ4n) is 3.22. The lowest BCUT2D eigenvalue weighted by Crippen LogP contribution is -2.32. The molecule has 0 bridgehead atoms. The van der Waals surface area contributed by atoms with Crippen molar-refractivity contribution in [3.05, 3.63) is 17.5 Å². The van der Waals surface area contributed by atoms with Crippen molar-refractivity contribution in [2.24, 2.45) is 0 Å². The largest absolute Gasteiger partial charge is 0.485 e. The van der Waals surface area contributed by atoms with Crippen molar-refractivity contribution in [1.82, 2.24) is 9.55 Å². The first kappa shape index (κ1) is 17.6. The molecule has 9 nitrogen and oxygen atoms in total. The lowest BCUT2D eigenvalue weighted by molar-refractivity contribution is -0.142. The molecule has 2 aliphatic rings. The Morgan fingerprint density at radius 1 is 1.26 bits per heavy atom. The van der Waals surface area contributed by atoms with Gasteiger partial charge in [0.15, 0.2) is 11.5 Å². The number of esters is 2. The number of methoxy groups -OCH3 is 1. The highest BCUT2D eigenvalue weighted by Crippen LogP contribution is 2.42. The highest BCUT2D eigenvalue weighted by molar-refractivity contribution is 6.00. The van der Waals surface area contributed by atoms with E-state index in [0.717, 1.165) is 13.0 Å². The highest BCUT2D eigenvalue weighted by Gasteiger charge is 2.30. The first-order chi connectivity index (χ1) is 13.1. The molecule has 0 radical (unpaired) electrons. The minimum Gasteiger partial charge on any atom is -0.485 e. The maximum atomic E-state index is 12.2. The van der Waals surface area contributed by atoms with E-state index in [-0.39, 0.29) is 18.3 Å². The second-order valence-corrected chi connectivity index (χ2v) is 6.34. The Morgan fingerprint density at radius 3 is 2.63 bits per heavy atom. The Hall–Kier alpha value is -2.81. The monoisotopic (exact) mass is 376 g/mol. The minimum atomic E-state index is -0.530. The molecule has 1 saturated heterocycles. The maximum absolute atomic E-state index is 12.2. The molecule has 0 spiro atoms. The summed E-state index contributed by atoms with van der Waals surface area (Å²) in [6, 6.07) is 1.62. The number of ether oxygens (including phenoxy) is 5. The van der Waals surface area contributed by atoms with E-state index in [1.807, 2.05) is 4.57 Å². The van der Waals surface area contributed by atoms with Gasteiger partial charge >= 0.3 is 11.9 Å². The van der Waals surface area contributed by atoms with Gasteiger partial charge in [-0.05, 0) is 12.5 Å². The third-order valence-electron chi connectivity index (χ3n) is 4.59.